The smallest absolute Gasteiger partial charge is 0.325 e. The highest BCUT2D eigenvalue weighted by Crippen LogP contribution is 2.20. The molecule has 6 nitrogen and oxygen atoms in total. The Balaban J connectivity index is 1.92. The lowest BCUT2D eigenvalue weighted by molar-refractivity contribution is -0.121. The van der Waals surface area contributed by atoms with E-state index in [2.05, 4.69) is 5.32 Å². The van der Waals surface area contributed by atoms with Crippen molar-refractivity contribution < 1.29 is 19.1 Å². The highest BCUT2D eigenvalue weighted by atomic mass is 19.1. The van der Waals surface area contributed by atoms with E-state index in [0.29, 0.717) is 18.8 Å². The maximum absolute atomic E-state index is 12.9. The lowest BCUT2D eigenvalue weighted by Gasteiger charge is -2.18. The van der Waals surface area contributed by atoms with Gasteiger partial charge >= 0.3 is 6.03 Å². The molecule has 1 fully saturated rings. The van der Waals surface area contributed by atoms with Crippen LogP contribution in [0.25, 0.3) is 0 Å². The number of amides is 3. The van der Waals surface area contributed by atoms with E-state index in [9.17, 15) is 14.0 Å². The first kappa shape index (κ1) is 15.2. The zero-order valence-electron chi connectivity index (χ0n) is 11.8. The lowest BCUT2D eigenvalue weighted by atomic mass is 10.3. The second-order valence-corrected chi connectivity index (χ2v) is 4.99. The average molecular weight is 295 g/mol. The van der Waals surface area contributed by atoms with E-state index >= 15 is 0 Å². The van der Waals surface area contributed by atoms with Gasteiger partial charge in [-0.1, -0.05) is 0 Å². The van der Waals surface area contributed by atoms with Crippen LogP contribution in [-0.4, -0.2) is 54.2 Å². The number of hydrogen-bond donors (Lipinski definition) is 2. The molecule has 2 N–H and O–H groups in total. The molecular weight excluding hydrogens is 277 g/mol. The van der Waals surface area contributed by atoms with E-state index in [-0.39, 0.29) is 30.8 Å². The summed E-state index contributed by atoms with van der Waals surface area (Å²) < 4.78 is 12.9. The zero-order valence-corrected chi connectivity index (χ0v) is 11.8. The van der Waals surface area contributed by atoms with Crippen LogP contribution in [-0.2, 0) is 4.79 Å². The van der Waals surface area contributed by atoms with Crippen molar-refractivity contribution in [1.29, 1.82) is 0 Å². The maximum atomic E-state index is 12.9. The lowest BCUT2D eigenvalue weighted by Crippen LogP contribution is -2.41. The fourth-order valence-electron chi connectivity index (χ4n) is 2.08. The minimum Gasteiger partial charge on any atom is -0.392 e. The van der Waals surface area contributed by atoms with Gasteiger partial charge in [0, 0.05) is 25.3 Å². The SMILES string of the molecule is CC(O)CNC(=O)CN1CCN(c2ccc(F)cc2)C1=O. The van der Waals surface area contributed by atoms with E-state index in [0.717, 1.165) is 0 Å². The van der Waals surface area contributed by atoms with Crippen LogP contribution in [0.3, 0.4) is 0 Å². The van der Waals surface area contributed by atoms with Gasteiger partial charge in [0.1, 0.15) is 12.4 Å². The van der Waals surface area contributed by atoms with Crippen molar-refractivity contribution in [2.45, 2.75) is 13.0 Å². The van der Waals surface area contributed by atoms with Crippen LogP contribution in [0, 0.1) is 5.82 Å². The van der Waals surface area contributed by atoms with Gasteiger partial charge in [0.25, 0.3) is 0 Å². The third-order valence-corrected chi connectivity index (χ3v) is 3.16. The molecule has 0 bridgehead atoms. The Kier molecular flexibility index (Phi) is 4.74. The minimum absolute atomic E-state index is 0.0523. The summed E-state index contributed by atoms with van der Waals surface area (Å²) in [5.41, 5.74) is 0.605. The second-order valence-electron chi connectivity index (χ2n) is 4.99. The molecule has 7 heteroatoms. The molecule has 1 aliphatic heterocycles. The standard InChI is InChI=1S/C14H18FN3O3/c1-10(19)8-16-13(20)9-17-6-7-18(14(17)21)12-4-2-11(15)3-5-12/h2-5,10,19H,6-9H2,1H3,(H,16,20). The Bertz CT molecular complexity index is 519. The van der Waals surface area contributed by atoms with Crippen molar-refractivity contribution in [3.8, 4) is 0 Å². The number of carbonyl (C=O) groups is 2. The molecule has 1 heterocycles. The van der Waals surface area contributed by atoms with E-state index in [1.165, 1.54) is 34.1 Å². The molecule has 114 valence electrons. The summed E-state index contributed by atoms with van der Waals surface area (Å²) in [6.45, 7) is 2.55. The quantitative estimate of drug-likeness (QED) is 0.834. The van der Waals surface area contributed by atoms with Crippen LogP contribution in [0.2, 0.25) is 0 Å². The summed E-state index contributed by atoms with van der Waals surface area (Å²) in [7, 11) is 0. The van der Waals surface area contributed by atoms with E-state index in [4.69, 9.17) is 5.11 Å². The number of urea groups is 1. The average Bonchev–Trinajstić information content (AvgIpc) is 2.79. The number of benzene rings is 1. The molecule has 21 heavy (non-hydrogen) atoms. The van der Waals surface area contributed by atoms with Crippen molar-refractivity contribution in [3.05, 3.63) is 30.1 Å². The third kappa shape index (κ3) is 3.91. The predicted molar refractivity (Wildman–Crippen MR) is 75.4 cm³/mol. The number of anilines is 1. The van der Waals surface area contributed by atoms with Gasteiger partial charge in [-0.3, -0.25) is 9.69 Å². The van der Waals surface area contributed by atoms with Crippen LogP contribution >= 0.6 is 0 Å². The summed E-state index contributed by atoms with van der Waals surface area (Å²) in [5.74, 6) is -0.676. The molecule has 1 aromatic rings. The number of halogens is 1. The Morgan fingerprint density at radius 2 is 2.05 bits per heavy atom. The Morgan fingerprint density at radius 1 is 1.38 bits per heavy atom. The monoisotopic (exact) mass is 295 g/mol. The topological polar surface area (TPSA) is 72.9 Å². The molecule has 2 rings (SSSR count). The summed E-state index contributed by atoms with van der Waals surface area (Å²) in [6, 6.07) is 5.37. The van der Waals surface area contributed by atoms with Crippen LogP contribution in [0.1, 0.15) is 6.92 Å². The van der Waals surface area contributed by atoms with E-state index in [1.807, 2.05) is 0 Å². The fraction of sp³-hybridized carbons (Fsp3) is 0.429. The summed E-state index contributed by atoms with van der Waals surface area (Å²) >= 11 is 0. The molecule has 1 atom stereocenters. The Labute approximate surface area is 122 Å². The highest BCUT2D eigenvalue weighted by molar-refractivity contribution is 5.96. The van der Waals surface area contributed by atoms with Crippen molar-refractivity contribution >= 4 is 17.6 Å². The number of aliphatic hydroxyl groups excluding tert-OH is 1. The van der Waals surface area contributed by atoms with Gasteiger partial charge in [-0.2, -0.15) is 0 Å². The third-order valence-electron chi connectivity index (χ3n) is 3.16. The number of nitrogens with zero attached hydrogens (tertiary/aromatic N) is 2. The normalized spacial score (nSPS) is 16.2. The molecule has 3 amide bonds. The summed E-state index contributed by atoms with van der Waals surface area (Å²) in [5, 5.41) is 11.6. The molecule has 0 radical (unpaired) electrons. The fourth-order valence-corrected chi connectivity index (χ4v) is 2.08. The highest BCUT2D eigenvalue weighted by Gasteiger charge is 2.30. The van der Waals surface area contributed by atoms with Gasteiger partial charge in [-0.05, 0) is 31.2 Å². The Hall–Kier alpha value is -2.15. The van der Waals surface area contributed by atoms with Gasteiger partial charge in [0.2, 0.25) is 5.91 Å². The van der Waals surface area contributed by atoms with Crippen LogP contribution in [0.15, 0.2) is 24.3 Å². The molecule has 0 aromatic heterocycles. The first-order chi connectivity index (χ1) is 9.97. The number of hydrogen-bond acceptors (Lipinski definition) is 3. The largest absolute Gasteiger partial charge is 0.392 e. The van der Waals surface area contributed by atoms with Crippen LogP contribution in [0.4, 0.5) is 14.9 Å². The molecule has 1 saturated heterocycles. The summed E-state index contributed by atoms with van der Waals surface area (Å²) in [6.07, 6.45) is -0.626. The van der Waals surface area contributed by atoms with Gasteiger partial charge in [-0.15, -0.1) is 0 Å². The van der Waals surface area contributed by atoms with Crippen molar-refractivity contribution in [1.82, 2.24) is 10.2 Å². The van der Waals surface area contributed by atoms with Gasteiger partial charge in [0.15, 0.2) is 0 Å². The van der Waals surface area contributed by atoms with E-state index < -0.39 is 6.10 Å². The number of nitrogens with one attached hydrogen (secondary N) is 1. The molecule has 1 aromatic carbocycles. The predicted octanol–water partition coefficient (Wildman–Crippen LogP) is 0.565. The van der Waals surface area contributed by atoms with E-state index in [1.54, 1.807) is 6.92 Å². The summed E-state index contributed by atoms with van der Waals surface area (Å²) in [4.78, 5) is 26.8. The van der Waals surface area contributed by atoms with Crippen LogP contribution < -0.4 is 10.2 Å². The zero-order chi connectivity index (χ0) is 15.4. The number of carbonyl (C=O) groups excluding carboxylic acids is 2. The van der Waals surface area contributed by atoms with Crippen LogP contribution in [0.5, 0.6) is 0 Å². The number of rotatable bonds is 5. The second kappa shape index (κ2) is 6.53. The van der Waals surface area contributed by atoms with Crippen molar-refractivity contribution in [2.24, 2.45) is 0 Å². The van der Waals surface area contributed by atoms with Gasteiger partial charge in [-0.25, -0.2) is 9.18 Å². The van der Waals surface area contributed by atoms with Crippen molar-refractivity contribution in [2.75, 3.05) is 31.1 Å². The molecule has 0 aliphatic carbocycles. The van der Waals surface area contributed by atoms with Crippen molar-refractivity contribution in [3.63, 3.8) is 0 Å². The maximum Gasteiger partial charge on any atom is 0.325 e. The van der Waals surface area contributed by atoms with Gasteiger partial charge < -0.3 is 15.3 Å². The molecule has 0 spiro atoms. The molecule has 1 unspecified atom stereocenters. The first-order valence-corrected chi connectivity index (χ1v) is 6.74. The number of aliphatic hydroxyl groups is 1. The molecule has 1 aliphatic rings. The Morgan fingerprint density at radius 3 is 2.67 bits per heavy atom. The molecule has 0 saturated carbocycles. The minimum atomic E-state index is -0.626. The van der Waals surface area contributed by atoms with Gasteiger partial charge in [0.05, 0.1) is 6.10 Å². The first-order valence-electron chi connectivity index (χ1n) is 6.74. The molecular formula is C14H18FN3O3.